The van der Waals surface area contributed by atoms with Crippen LogP contribution in [0.1, 0.15) is 5.69 Å². The second-order valence-electron chi connectivity index (χ2n) is 2.64. The van der Waals surface area contributed by atoms with Crippen molar-refractivity contribution >= 4 is 5.65 Å². The molecule has 0 fully saturated rings. The Balaban J connectivity index is 2.83. The molecule has 0 saturated carbocycles. The van der Waals surface area contributed by atoms with Crippen LogP contribution < -0.4 is 5.56 Å². The van der Waals surface area contributed by atoms with E-state index in [1.165, 1.54) is 0 Å². The van der Waals surface area contributed by atoms with Crippen molar-refractivity contribution in [3.8, 4) is 0 Å². The van der Waals surface area contributed by atoms with Crippen molar-refractivity contribution in [3.05, 3.63) is 34.4 Å². The van der Waals surface area contributed by atoms with Crippen molar-refractivity contribution in [1.29, 1.82) is 0 Å². The van der Waals surface area contributed by atoms with E-state index in [1.54, 1.807) is 0 Å². The molecule has 0 saturated heterocycles. The quantitative estimate of drug-likeness (QED) is 0.695. The predicted octanol–water partition coefficient (Wildman–Crippen LogP) is 1.04. The Kier molecular flexibility index (Phi) is 1.63. The first kappa shape index (κ1) is 8.79. The third-order valence-corrected chi connectivity index (χ3v) is 1.68. The Morgan fingerprint density at radius 3 is 2.79 bits per heavy atom. The molecule has 2 aromatic rings. The molecule has 0 spiro atoms. The van der Waals surface area contributed by atoms with Gasteiger partial charge >= 0.3 is 6.18 Å². The number of halogens is 3. The molecule has 0 bridgehead atoms. The minimum atomic E-state index is -4.51. The van der Waals surface area contributed by atoms with E-state index in [-0.39, 0.29) is 5.65 Å². The predicted molar refractivity (Wildman–Crippen MR) is 40.8 cm³/mol. The summed E-state index contributed by atoms with van der Waals surface area (Å²) in [4.78, 5) is 14.4. The summed E-state index contributed by atoms with van der Waals surface area (Å²) >= 11 is 0. The number of fused-ring (bicyclic) bond motifs is 1. The fourth-order valence-electron chi connectivity index (χ4n) is 1.14. The summed E-state index contributed by atoms with van der Waals surface area (Å²) in [6, 6.07) is 1.79. The molecule has 7 heteroatoms. The molecule has 2 rings (SSSR count). The standard InChI is InChI=1S/C7H4F3N3O/c8-7(9,10)4-1-2-11-5-3-6(14)12-13(4)5/h1-3H,(H,12,14). The van der Waals surface area contributed by atoms with Gasteiger partial charge in [-0.05, 0) is 6.07 Å². The zero-order valence-electron chi connectivity index (χ0n) is 6.67. The largest absolute Gasteiger partial charge is 0.433 e. The van der Waals surface area contributed by atoms with Crippen molar-refractivity contribution < 1.29 is 13.2 Å². The highest BCUT2D eigenvalue weighted by Gasteiger charge is 2.33. The maximum Gasteiger partial charge on any atom is 0.433 e. The molecule has 0 amide bonds. The molecule has 2 aromatic heterocycles. The van der Waals surface area contributed by atoms with E-state index in [1.807, 2.05) is 5.10 Å². The summed E-state index contributed by atoms with van der Waals surface area (Å²) < 4.78 is 37.7. The average Bonchev–Trinajstić information content (AvgIpc) is 2.41. The van der Waals surface area contributed by atoms with Gasteiger partial charge in [-0.1, -0.05) is 0 Å². The highest BCUT2D eigenvalue weighted by molar-refractivity contribution is 5.37. The summed E-state index contributed by atoms with van der Waals surface area (Å²) in [5.41, 5.74) is -1.62. The number of hydrogen-bond donors (Lipinski definition) is 1. The van der Waals surface area contributed by atoms with E-state index in [2.05, 4.69) is 4.98 Å². The Hall–Kier alpha value is -1.79. The molecule has 0 atom stereocenters. The van der Waals surface area contributed by atoms with Gasteiger partial charge in [-0.15, -0.1) is 0 Å². The van der Waals surface area contributed by atoms with Crippen LogP contribution >= 0.6 is 0 Å². The van der Waals surface area contributed by atoms with E-state index >= 15 is 0 Å². The summed E-state index contributed by atoms with van der Waals surface area (Å²) in [6.07, 6.45) is -3.51. The van der Waals surface area contributed by atoms with Gasteiger partial charge < -0.3 is 0 Å². The Morgan fingerprint density at radius 2 is 2.14 bits per heavy atom. The second-order valence-corrected chi connectivity index (χ2v) is 2.64. The molecular weight excluding hydrogens is 199 g/mol. The topological polar surface area (TPSA) is 50.2 Å². The first-order chi connectivity index (χ1) is 6.48. The number of nitrogens with zero attached hydrogens (tertiary/aromatic N) is 2. The molecule has 1 N–H and O–H groups in total. The van der Waals surface area contributed by atoms with E-state index in [9.17, 15) is 18.0 Å². The van der Waals surface area contributed by atoms with Gasteiger partial charge in [0.05, 0.1) is 0 Å². The third kappa shape index (κ3) is 1.26. The van der Waals surface area contributed by atoms with Gasteiger partial charge in [0.2, 0.25) is 0 Å². The lowest BCUT2D eigenvalue weighted by Crippen LogP contribution is -2.13. The first-order valence-corrected chi connectivity index (χ1v) is 3.62. The average molecular weight is 203 g/mol. The molecule has 0 aliphatic rings. The second kappa shape index (κ2) is 2.60. The van der Waals surface area contributed by atoms with Crippen LogP contribution in [0.3, 0.4) is 0 Å². The molecule has 74 valence electrons. The van der Waals surface area contributed by atoms with Gasteiger partial charge in [0.1, 0.15) is 5.69 Å². The van der Waals surface area contributed by atoms with E-state index in [4.69, 9.17) is 0 Å². The van der Waals surface area contributed by atoms with Crippen molar-refractivity contribution in [3.63, 3.8) is 0 Å². The number of aromatic amines is 1. The molecule has 4 nitrogen and oxygen atoms in total. The molecule has 0 unspecified atom stereocenters. The summed E-state index contributed by atoms with van der Waals surface area (Å²) in [6.45, 7) is 0. The number of nitrogens with one attached hydrogen (secondary N) is 1. The van der Waals surface area contributed by atoms with Crippen molar-refractivity contribution in [2.75, 3.05) is 0 Å². The van der Waals surface area contributed by atoms with Gasteiger partial charge in [-0.2, -0.15) is 13.2 Å². The maximum absolute atomic E-state index is 12.4. The highest BCUT2D eigenvalue weighted by Crippen LogP contribution is 2.28. The molecule has 2 heterocycles. The van der Waals surface area contributed by atoms with Crippen LogP contribution in [-0.2, 0) is 6.18 Å². The smallest absolute Gasteiger partial charge is 0.268 e. The minimum absolute atomic E-state index is 0.0511. The highest BCUT2D eigenvalue weighted by atomic mass is 19.4. The summed E-state index contributed by atoms with van der Waals surface area (Å²) in [5, 5.41) is 2.01. The van der Waals surface area contributed by atoms with Crippen LogP contribution in [0.25, 0.3) is 5.65 Å². The molecule has 0 radical (unpaired) electrons. The minimum Gasteiger partial charge on any atom is -0.268 e. The van der Waals surface area contributed by atoms with Crippen LogP contribution in [0.15, 0.2) is 23.1 Å². The maximum atomic E-state index is 12.4. The lowest BCUT2D eigenvalue weighted by atomic mass is 10.4. The number of alkyl halides is 3. The van der Waals surface area contributed by atoms with E-state index in [0.29, 0.717) is 4.52 Å². The molecule has 0 aliphatic carbocycles. The lowest BCUT2D eigenvalue weighted by molar-refractivity contribution is -0.142. The Morgan fingerprint density at radius 1 is 1.43 bits per heavy atom. The summed E-state index contributed by atoms with van der Waals surface area (Å²) in [7, 11) is 0. The Bertz CT molecular complexity index is 525. The van der Waals surface area contributed by atoms with Crippen molar-refractivity contribution in [2.45, 2.75) is 6.18 Å². The lowest BCUT2D eigenvalue weighted by Gasteiger charge is -2.07. The molecule has 14 heavy (non-hydrogen) atoms. The fourth-order valence-corrected chi connectivity index (χ4v) is 1.14. The zero-order chi connectivity index (χ0) is 10.3. The van der Waals surface area contributed by atoms with Crippen LogP contribution in [0.2, 0.25) is 0 Å². The molecule has 0 aliphatic heterocycles. The Labute approximate surface area is 75.0 Å². The number of aromatic nitrogens is 3. The van der Waals surface area contributed by atoms with Crippen LogP contribution in [0, 0.1) is 0 Å². The van der Waals surface area contributed by atoms with Crippen LogP contribution in [-0.4, -0.2) is 14.6 Å². The first-order valence-electron chi connectivity index (χ1n) is 3.62. The molecule has 0 aromatic carbocycles. The molecular formula is C7H4F3N3O. The number of rotatable bonds is 0. The number of H-pyrrole nitrogens is 1. The normalized spacial score (nSPS) is 12.2. The van der Waals surface area contributed by atoms with Crippen molar-refractivity contribution in [1.82, 2.24) is 14.6 Å². The third-order valence-electron chi connectivity index (χ3n) is 1.68. The fraction of sp³-hybridized carbons (Fsp3) is 0.143. The van der Waals surface area contributed by atoms with E-state index in [0.717, 1.165) is 18.3 Å². The van der Waals surface area contributed by atoms with E-state index < -0.39 is 17.4 Å². The van der Waals surface area contributed by atoms with Crippen LogP contribution in [0.5, 0.6) is 0 Å². The SMILES string of the molecule is O=c1cc2nccc(C(F)(F)F)n2[nH]1. The van der Waals surface area contributed by atoms with Crippen molar-refractivity contribution in [2.24, 2.45) is 0 Å². The number of hydrogen-bond acceptors (Lipinski definition) is 2. The zero-order valence-corrected chi connectivity index (χ0v) is 6.67. The van der Waals surface area contributed by atoms with Gasteiger partial charge in [0.25, 0.3) is 5.56 Å². The summed E-state index contributed by atoms with van der Waals surface area (Å²) in [5.74, 6) is 0. The van der Waals surface area contributed by atoms with Crippen LogP contribution in [0.4, 0.5) is 13.2 Å². The monoisotopic (exact) mass is 203 g/mol. The van der Waals surface area contributed by atoms with Gasteiger partial charge in [-0.3, -0.25) is 9.89 Å². The van der Waals surface area contributed by atoms with Gasteiger partial charge in [0, 0.05) is 12.3 Å². The van der Waals surface area contributed by atoms with Gasteiger partial charge in [0.15, 0.2) is 5.65 Å². The van der Waals surface area contributed by atoms with Gasteiger partial charge in [-0.25, -0.2) is 9.50 Å².